The monoisotopic (exact) mass is 279 g/mol. The van der Waals surface area contributed by atoms with Crippen LogP contribution in [0.25, 0.3) is 0 Å². The molecule has 0 saturated heterocycles. The van der Waals surface area contributed by atoms with Gasteiger partial charge in [-0.05, 0) is 45.1 Å². The second kappa shape index (κ2) is 4.48. The molecule has 12 heavy (non-hydrogen) atoms. The van der Waals surface area contributed by atoms with E-state index in [0.29, 0.717) is 0 Å². The minimum atomic E-state index is 0.105. The first-order valence-corrected chi connectivity index (χ1v) is 5.22. The van der Waals surface area contributed by atoms with Crippen molar-refractivity contribution >= 4 is 22.6 Å². The van der Waals surface area contributed by atoms with Gasteiger partial charge in [0.15, 0.2) is 0 Å². The summed E-state index contributed by atoms with van der Waals surface area (Å²) in [5.74, 6) is 3.21. The maximum Gasteiger partial charge on any atom is 0.0283 e. The van der Waals surface area contributed by atoms with E-state index >= 15 is 0 Å². The average molecular weight is 279 g/mol. The van der Waals surface area contributed by atoms with Gasteiger partial charge in [0, 0.05) is 33.5 Å². The van der Waals surface area contributed by atoms with E-state index in [1.807, 2.05) is 7.05 Å². The number of nitrogens with one attached hydrogen (secondary N) is 1. The van der Waals surface area contributed by atoms with Crippen LogP contribution >= 0.6 is 22.6 Å². The zero-order chi connectivity index (χ0) is 9.83. The molecule has 1 nitrogen and oxygen atoms in total. The van der Waals surface area contributed by atoms with Crippen LogP contribution in [0.4, 0.5) is 0 Å². The molecule has 1 N–H and O–H groups in total. The van der Waals surface area contributed by atoms with Gasteiger partial charge in [-0.15, -0.1) is 0 Å². The molecule has 0 unspecified atom stereocenters. The van der Waals surface area contributed by atoms with Crippen LogP contribution in [0.1, 0.15) is 34.1 Å². The minimum Gasteiger partial charge on any atom is -0.315 e. The van der Waals surface area contributed by atoms with Gasteiger partial charge in [-0.2, -0.15) is 0 Å². The molecule has 0 aromatic heterocycles. The maximum absolute atomic E-state index is 3.29. The molecule has 0 spiro atoms. The number of rotatable bonds is 3. The molecule has 0 amide bonds. The molecule has 0 saturated carbocycles. The van der Waals surface area contributed by atoms with E-state index in [1.165, 1.54) is 0 Å². The third-order valence-electron chi connectivity index (χ3n) is 1.95. The Morgan fingerprint density at radius 3 is 2.08 bits per heavy atom. The van der Waals surface area contributed by atoms with Crippen LogP contribution in [0.3, 0.4) is 0 Å². The van der Waals surface area contributed by atoms with Crippen LogP contribution in [-0.4, -0.2) is 12.6 Å². The lowest BCUT2D eigenvalue weighted by molar-refractivity contribution is 0.292. The number of halogens is 1. The molecule has 0 aromatic carbocycles. The van der Waals surface area contributed by atoms with Crippen LogP contribution in [0.2, 0.25) is 0 Å². The van der Waals surface area contributed by atoms with Crippen molar-refractivity contribution in [3.8, 4) is 9.85 Å². The lowest BCUT2D eigenvalue weighted by Gasteiger charge is -2.31. The average Bonchev–Trinajstić information content (AvgIpc) is 1.85. The summed E-state index contributed by atoms with van der Waals surface area (Å²) in [5, 5.41) is 3.29. The van der Waals surface area contributed by atoms with Crippen LogP contribution in [0.5, 0.6) is 0 Å². The van der Waals surface area contributed by atoms with E-state index in [9.17, 15) is 0 Å². The summed E-state index contributed by atoms with van der Waals surface area (Å²) in [6.07, 6.45) is 1.06. The van der Waals surface area contributed by atoms with Crippen LogP contribution < -0.4 is 5.32 Å². The predicted octanol–water partition coefficient (Wildman–Crippen LogP) is 2.80. The summed E-state index contributed by atoms with van der Waals surface area (Å²) in [5.41, 5.74) is 0.275. The maximum atomic E-state index is 3.29. The van der Waals surface area contributed by atoms with E-state index in [0.717, 1.165) is 6.42 Å². The van der Waals surface area contributed by atoms with E-state index in [-0.39, 0.29) is 11.0 Å². The molecule has 0 atom stereocenters. The van der Waals surface area contributed by atoms with Crippen molar-refractivity contribution in [2.45, 2.75) is 39.7 Å². The molecule has 0 fully saturated rings. The number of hydrogen-bond donors (Lipinski definition) is 1. The smallest absolute Gasteiger partial charge is 0.0283 e. The first kappa shape index (κ1) is 12.2. The zero-order valence-electron chi connectivity index (χ0n) is 8.59. The van der Waals surface area contributed by atoms with Crippen LogP contribution in [0.15, 0.2) is 0 Å². The summed E-state index contributed by atoms with van der Waals surface area (Å²) < 4.78 is 2.95. The largest absolute Gasteiger partial charge is 0.315 e. The third kappa shape index (κ3) is 5.00. The fourth-order valence-corrected chi connectivity index (χ4v) is 2.10. The Bertz CT molecular complexity index is 196. The lowest BCUT2D eigenvalue weighted by Crippen LogP contribution is -2.40. The molecule has 0 radical (unpaired) electrons. The molecule has 0 aliphatic carbocycles. The second-order valence-electron chi connectivity index (χ2n) is 4.41. The molecule has 0 aliphatic heterocycles. The Hall–Kier alpha value is 0.250. The van der Waals surface area contributed by atoms with Crippen LogP contribution in [-0.2, 0) is 0 Å². The fraction of sp³-hybridized carbons (Fsp3) is 0.800. The van der Waals surface area contributed by atoms with Crippen LogP contribution in [0, 0.1) is 15.3 Å². The van der Waals surface area contributed by atoms with E-state index in [4.69, 9.17) is 0 Å². The van der Waals surface area contributed by atoms with Gasteiger partial charge in [-0.25, -0.2) is 0 Å². The van der Waals surface area contributed by atoms with Gasteiger partial charge >= 0.3 is 0 Å². The normalized spacial score (nSPS) is 12.2. The van der Waals surface area contributed by atoms with Crippen molar-refractivity contribution in [1.82, 2.24) is 5.32 Å². The quantitative estimate of drug-likeness (QED) is 0.619. The van der Waals surface area contributed by atoms with Gasteiger partial charge < -0.3 is 5.32 Å². The summed E-state index contributed by atoms with van der Waals surface area (Å²) in [4.78, 5) is 0. The van der Waals surface area contributed by atoms with Gasteiger partial charge in [-0.3, -0.25) is 0 Å². The van der Waals surface area contributed by atoms with Crippen molar-refractivity contribution in [3.63, 3.8) is 0 Å². The molecule has 70 valence electrons. The van der Waals surface area contributed by atoms with E-state index in [2.05, 4.69) is 65.5 Å². The van der Waals surface area contributed by atoms with E-state index < -0.39 is 0 Å². The summed E-state index contributed by atoms with van der Waals surface area (Å²) >= 11 is 2.09. The van der Waals surface area contributed by atoms with Gasteiger partial charge in [0.2, 0.25) is 0 Å². The Kier molecular flexibility index (Phi) is 4.57. The highest BCUT2D eigenvalue weighted by Gasteiger charge is 2.25. The lowest BCUT2D eigenvalue weighted by atomic mass is 9.81. The first-order valence-electron chi connectivity index (χ1n) is 4.15. The SMILES string of the molecule is CNC(C)(C)CC(C)(C)C#CI. The second-order valence-corrected chi connectivity index (χ2v) is 4.95. The summed E-state index contributed by atoms with van der Waals surface area (Å²) in [6, 6.07) is 0. The molecule has 0 aliphatic rings. The summed E-state index contributed by atoms with van der Waals surface area (Å²) in [6.45, 7) is 8.75. The first-order chi connectivity index (χ1) is 5.33. The molecule has 2 heteroatoms. The van der Waals surface area contributed by atoms with Gasteiger partial charge in [0.05, 0.1) is 0 Å². The molecule has 0 bridgehead atoms. The Morgan fingerprint density at radius 2 is 1.75 bits per heavy atom. The predicted molar refractivity (Wildman–Crippen MR) is 63.3 cm³/mol. The topological polar surface area (TPSA) is 12.0 Å². The standard InChI is InChI=1S/C10H18IN/c1-9(2,6-7-11)8-10(3,4)12-5/h12H,8H2,1-5H3. The zero-order valence-corrected chi connectivity index (χ0v) is 10.7. The fourth-order valence-electron chi connectivity index (χ4n) is 1.37. The van der Waals surface area contributed by atoms with Gasteiger partial charge in [0.25, 0.3) is 0 Å². The Balaban J connectivity index is 4.30. The van der Waals surface area contributed by atoms with Gasteiger partial charge in [0.1, 0.15) is 0 Å². The van der Waals surface area contributed by atoms with Crippen molar-refractivity contribution in [2.75, 3.05) is 7.05 Å². The van der Waals surface area contributed by atoms with Crippen molar-refractivity contribution in [2.24, 2.45) is 5.41 Å². The number of hydrogen-bond acceptors (Lipinski definition) is 1. The molecule has 0 aromatic rings. The Labute approximate surface area is 89.8 Å². The summed E-state index contributed by atoms with van der Waals surface area (Å²) in [7, 11) is 1.99. The molecular weight excluding hydrogens is 261 g/mol. The molecular formula is C10H18IN. The highest BCUT2D eigenvalue weighted by Crippen LogP contribution is 2.26. The molecule has 0 rings (SSSR count). The highest BCUT2D eigenvalue weighted by molar-refractivity contribution is 14.1. The third-order valence-corrected chi connectivity index (χ3v) is 2.22. The van der Waals surface area contributed by atoms with E-state index in [1.54, 1.807) is 0 Å². The molecule has 0 heterocycles. The van der Waals surface area contributed by atoms with Crippen molar-refractivity contribution < 1.29 is 0 Å². The Morgan fingerprint density at radius 1 is 1.25 bits per heavy atom. The van der Waals surface area contributed by atoms with Crippen molar-refractivity contribution in [1.29, 1.82) is 0 Å². The minimum absolute atomic E-state index is 0.105. The van der Waals surface area contributed by atoms with Crippen molar-refractivity contribution in [3.05, 3.63) is 0 Å². The highest BCUT2D eigenvalue weighted by atomic mass is 127. The van der Waals surface area contributed by atoms with Gasteiger partial charge in [-0.1, -0.05) is 5.92 Å².